The molecule has 108 valence electrons. The highest BCUT2D eigenvalue weighted by Gasteiger charge is 2.14. The van der Waals surface area contributed by atoms with Crippen LogP contribution in [0.1, 0.15) is 0 Å². The number of imidazole rings is 1. The van der Waals surface area contributed by atoms with Crippen LogP contribution in [0.5, 0.6) is 0 Å². The summed E-state index contributed by atoms with van der Waals surface area (Å²) in [7, 11) is 0. The van der Waals surface area contributed by atoms with Gasteiger partial charge in [0, 0.05) is 10.4 Å². The first-order valence-corrected chi connectivity index (χ1v) is 7.25. The van der Waals surface area contributed by atoms with E-state index in [9.17, 15) is 4.79 Å². The van der Waals surface area contributed by atoms with E-state index in [1.807, 2.05) is 24.3 Å². The molecule has 2 aromatic heterocycles. The molecule has 0 aliphatic carbocycles. The standard InChI is InChI=1S/C16H8Cl2N2O2/c17-9-5-8-6-10(16(21)22-14(8)11(18)7-9)15-19-12-3-1-2-4-13(12)20-15/h1-7H,(H,19,20). The molecular formula is C16H8Cl2N2O2. The number of halogens is 2. The van der Waals surface area contributed by atoms with Crippen LogP contribution in [0.4, 0.5) is 0 Å². The lowest BCUT2D eigenvalue weighted by Gasteiger charge is -2.02. The van der Waals surface area contributed by atoms with Crippen molar-refractivity contribution >= 4 is 45.2 Å². The fourth-order valence-corrected chi connectivity index (χ4v) is 2.95. The molecule has 2 heterocycles. The number of aromatic nitrogens is 2. The average Bonchev–Trinajstić information content (AvgIpc) is 2.91. The van der Waals surface area contributed by atoms with Gasteiger partial charge < -0.3 is 9.40 Å². The maximum atomic E-state index is 12.2. The van der Waals surface area contributed by atoms with Crippen molar-refractivity contribution in [3.8, 4) is 11.4 Å². The van der Waals surface area contributed by atoms with E-state index in [0.717, 1.165) is 11.0 Å². The van der Waals surface area contributed by atoms with Gasteiger partial charge in [-0.15, -0.1) is 0 Å². The third kappa shape index (κ3) is 2.08. The molecule has 0 fully saturated rings. The first kappa shape index (κ1) is 13.4. The molecule has 0 saturated carbocycles. The Balaban J connectivity index is 2.02. The summed E-state index contributed by atoms with van der Waals surface area (Å²) in [5, 5.41) is 1.42. The van der Waals surface area contributed by atoms with Gasteiger partial charge in [0.15, 0.2) is 5.58 Å². The first-order chi connectivity index (χ1) is 10.6. The molecule has 0 bridgehead atoms. The van der Waals surface area contributed by atoms with Crippen LogP contribution in [0.3, 0.4) is 0 Å². The summed E-state index contributed by atoms with van der Waals surface area (Å²) in [5.74, 6) is 0.452. The summed E-state index contributed by atoms with van der Waals surface area (Å²) in [6.07, 6.45) is 0. The van der Waals surface area contributed by atoms with E-state index in [2.05, 4.69) is 9.97 Å². The van der Waals surface area contributed by atoms with Gasteiger partial charge in [-0.2, -0.15) is 0 Å². The number of benzene rings is 2. The van der Waals surface area contributed by atoms with Gasteiger partial charge in [-0.05, 0) is 30.3 Å². The average molecular weight is 331 g/mol. The van der Waals surface area contributed by atoms with E-state index in [1.54, 1.807) is 12.1 Å². The van der Waals surface area contributed by atoms with Crippen molar-refractivity contribution in [2.24, 2.45) is 0 Å². The van der Waals surface area contributed by atoms with E-state index in [-0.39, 0.29) is 0 Å². The number of nitrogens with zero attached hydrogens (tertiary/aromatic N) is 1. The van der Waals surface area contributed by atoms with Crippen molar-refractivity contribution in [3.05, 3.63) is 62.9 Å². The Kier molecular flexibility index (Phi) is 2.96. The van der Waals surface area contributed by atoms with Crippen molar-refractivity contribution < 1.29 is 4.42 Å². The molecule has 4 nitrogen and oxygen atoms in total. The second kappa shape index (κ2) is 4.87. The SMILES string of the molecule is O=c1oc2c(Cl)cc(Cl)cc2cc1-c1nc2ccccc2[nH]1. The van der Waals surface area contributed by atoms with E-state index >= 15 is 0 Å². The zero-order valence-electron chi connectivity index (χ0n) is 11.1. The van der Waals surface area contributed by atoms with Gasteiger partial charge in [0.05, 0.1) is 16.1 Å². The van der Waals surface area contributed by atoms with E-state index in [0.29, 0.717) is 32.4 Å². The topological polar surface area (TPSA) is 58.9 Å². The number of H-pyrrole nitrogens is 1. The van der Waals surface area contributed by atoms with Crippen LogP contribution in [0.2, 0.25) is 10.0 Å². The third-order valence-corrected chi connectivity index (χ3v) is 3.90. The van der Waals surface area contributed by atoms with Gasteiger partial charge in [-0.3, -0.25) is 0 Å². The minimum Gasteiger partial charge on any atom is -0.421 e. The summed E-state index contributed by atoms with van der Waals surface area (Å²) >= 11 is 12.1. The zero-order valence-corrected chi connectivity index (χ0v) is 12.6. The van der Waals surface area contributed by atoms with Crippen molar-refractivity contribution in [1.82, 2.24) is 9.97 Å². The number of para-hydroxylation sites is 2. The molecule has 1 N–H and O–H groups in total. The molecule has 0 amide bonds. The molecule has 2 aromatic carbocycles. The molecule has 4 aromatic rings. The molecule has 0 aliphatic rings. The highest BCUT2D eigenvalue weighted by molar-refractivity contribution is 6.38. The maximum absolute atomic E-state index is 12.2. The van der Waals surface area contributed by atoms with Crippen LogP contribution in [0.25, 0.3) is 33.4 Å². The predicted molar refractivity (Wildman–Crippen MR) is 87.6 cm³/mol. The summed E-state index contributed by atoms with van der Waals surface area (Å²) in [4.78, 5) is 19.8. The lowest BCUT2D eigenvalue weighted by Crippen LogP contribution is -2.03. The van der Waals surface area contributed by atoms with Crippen molar-refractivity contribution in [3.63, 3.8) is 0 Å². The molecule has 0 unspecified atom stereocenters. The Morgan fingerprint density at radius 2 is 1.91 bits per heavy atom. The van der Waals surface area contributed by atoms with Gasteiger partial charge in [0.1, 0.15) is 11.4 Å². The van der Waals surface area contributed by atoms with Crippen molar-refractivity contribution in [1.29, 1.82) is 0 Å². The minimum absolute atomic E-state index is 0.302. The van der Waals surface area contributed by atoms with E-state index in [1.165, 1.54) is 6.07 Å². The molecule has 0 radical (unpaired) electrons. The second-order valence-electron chi connectivity index (χ2n) is 4.86. The summed E-state index contributed by atoms with van der Waals surface area (Å²) in [6.45, 7) is 0. The number of hydrogen-bond acceptors (Lipinski definition) is 3. The van der Waals surface area contributed by atoms with Crippen LogP contribution < -0.4 is 5.63 Å². The van der Waals surface area contributed by atoms with E-state index in [4.69, 9.17) is 27.6 Å². The fraction of sp³-hybridized carbons (Fsp3) is 0. The van der Waals surface area contributed by atoms with Crippen LogP contribution in [0.15, 0.2) is 51.7 Å². The molecular weight excluding hydrogens is 323 g/mol. The molecule has 0 spiro atoms. The largest absolute Gasteiger partial charge is 0.421 e. The van der Waals surface area contributed by atoms with Crippen molar-refractivity contribution in [2.75, 3.05) is 0 Å². The highest BCUT2D eigenvalue weighted by Crippen LogP contribution is 2.29. The summed E-state index contributed by atoms with van der Waals surface area (Å²) < 4.78 is 5.32. The van der Waals surface area contributed by atoms with Crippen LogP contribution >= 0.6 is 23.2 Å². The Bertz CT molecular complexity index is 1050. The van der Waals surface area contributed by atoms with E-state index < -0.39 is 5.63 Å². The van der Waals surface area contributed by atoms with Gasteiger partial charge >= 0.3 is 5.63 Å². The van der Waals surface area contributed by atoms with Gasteiger partial charge in [0.2, 0.25) is 0 Å². The lowest BCUT2D eigenvalue weighted by atomic mass is 10.2. The monoisotopic (exact) mass is 330 g/mol. The number of fused-ring (bicyclic) bond motifs is 2. The smallest absolute Gasteiger partial charge is 0.347 e. The molecule has 0 saturated heterocycles. The number of rotatable bonds is 1. The lowest BCUT2D eigenvalue weighted by molar-refractivity contribution is 0.563. The Morgan fingerprint density at radius 3 is 2.73 bits per heavy atom. The zero-order chi connectivity index (χ0) is 15.3. The molecule has 0 atom stereocenters. The van der Waals surface area contributed by atoms with Gasteiger partial charge in [-0.25, -0.2) is 9.78 Å². The van der Waals surface area contributed by atoms with Crippen LogP contribution in [-0.2, 0) is 0 Å². The number of nitrogens with one attached hydrogen (secondary N) is 1. The highest BCUT2D eigenvalue weighted by atomic mass is 35.5. The van der Waals surface area contributed by atoms with Crippen LogP contribution in [-0.4, -0.2) is 9.97 Å². The number of hydrogen-bond donors (Lipinski definition) is 1. The van der Waals surface area contributed by atoms with Gasteiger partial charge in [0.25, 0.3) is 0 Å². The predicted octanol–water partition coefficient (Wildman–Crippen LogP) is 4.64. The van der Waals surface area contributed by atoms with Gasteiger partial charge in [-0.1, -0.05) is 35.3 Å². The third-order valence-electron chi connectivity index (χ3n) is 3.40. The summed E-state index contributed by atoms with van der Waals surface area (Å²) in [6, 6.07) is 12.4. The molecule has 4 rings (SSSR count). The second-order valence-corrected chi connectivity index (χ2v) is 5.70. The van der Waals surface area contributed by atoms with Crippen molar-refractivity contribution in [2.45, 2.75) is 0 Å². The maximum Gasteiger partial charge on any atom is 0.347 e. The minimum atomic E-state index is -0.504. The fourth-order valence-electron chi connectivity index (χ4n) is 2.40. The van der Waals surface area contributed by atoms with Crippen LogP contribution in [0, 0.1) is 0 Å². The quantitative estimate of drug-likeness (QED) is 0.517. The molecule has 22 heavy (non-hydrogen) atoms. The Labute approximate surface area is 134 Å². The Morgan fingerprint density at radius 1 is 1.09 bits per heavy atom. The Hall–Kier alpha value is -2.30. The molecule has 0 aliphatic heterocycles. The first-order valence-electron chi connectivity index (χ1n) is 6.50. The normalized spacial score (nSPS) is 11.4. The number of aromatic amines is 1. The summed E-state index contributed by atoms with van der Waals surface area (Å²) in [5.41, 5.74) is 1.77. The molecule has 6 heteroatoms.